The third-order valence-electron chi connectivity index (χ3n) is 1.89. The first-order chi connectivity index (χ1) is 5.74. The van der Waals surface area contributed by atoms with E-state index < -0.39 is 0 Å². The predicted octanol–water partition coefficient (Wildman–Crippen LogP) is 3.62. The quantitative estimate of drug-likeness (QED) is 0.627. The fraction of sp³-hybridized carbons (Fsp3) is 0.455. The highest BCUT2D eigenvalue weighted by molar-refractivity contribution is 6.17. The summed E-state index contributed by atoms with van der Waals surface area (Å²) >= 11 is 5.82. The van der Waals surface area contributed by atoms with Gasteiger partial charge >= 0.3 is 0 Å². The summed E-state index contributed by atoms with van der Waals surface area (Å²) in [7, 11) is 0. The molecule has 0 bridgehead atoms. The highest BCUT2D eigenvalue weighted by Crippen LogP contribution is 2.15. The molecule has 0 aliphatic rings. The largest absolute Gasteiger partial charge is 0.122 e. The maximum Gasteiger partial charge on any atom is 0.0476 e. The van der Waals surface area contributed by atoms with Crippen LogP contribution >= 0.6 is 11.6 Å². The normalized spacial score (nSPS) is 10.7. The van der Waals surface area contributed by atoms with Crippen molar-refractivity contribution in [1.29, 1.82) is 0 Å². The van der Waals surface area contributed by atoms with E-state index in [1.54, 1.807) is 0 Å². The van der Waals surface area contributed by atoms with Crippen molar-refractivity contribution in [3.63, 3.8) is 0 Å². The highest BCUT2D eigenvalue weighted by atomic mass is 35.5. The van der Waals surface area contributed by atoms with Crippen molar-refractivity contribution >= 4 is 11.6 Å². The zero-order valence-electron chi connectivity index (χ0n) is 7.68. The lowest BCUT2D eigenvalue weighted by Gasteiger charge is -2.08. The van der Waals surface area contributed by atoms with E-state index in [4.69, 9.17) is 11.6 Å². The zero-order chi connectivity index (χ0) is 8.97. The van der Waals surface area contributed by atoms with Gasteiger partial charge in [0.2, 0.25) is 0 Å². The van der Waals surface area contributed by atoms with Crippen molar-refractivity contribution < 1.29 is 0 Å². The first-order valence-electron chi connectivity index (χ1n) is 4.36. The molecule has 1 aromatic carbocycles. The molecule has 0 nitrogen and oxygen atoms in total. The standard InChI is InChI=1S/C11H15Cl/c1-9(2)7-10-5-3-4-6-11(10)8-12/h3-6,9H,7-8H2,1-2H3. The van der Waals surface area contributed by atoms with Gasteiger partial charge in [0.15, 0.2) is 0 Å². The van der Waals surface area contributed by atoms with Crippen LogP contribution in [0.4, 0.5) is 0 Å². The minimum Gasteiger partial charge on any atom is -0.122 e. The van der Waals surface area contributed by atoms with E-state index in [9.17, 15) is 0 Å². The van der Waals surface area contributed by atoms with E-state index in [2.05, 4.69) is 32.0 Å². The zero-order valence-corrected chi connectivity index (χ0v) is 8.43. The molecule has 0 heterocycles. The van der Waals surface area contributed by atoms with Gasteiger partial charge in [-0.2, -0.15) is 0 Å². The molecule has 0 amide bonds. The summed E-state index contributed by atoms with van der Waals surface area (Å²) in [5, 5.41) is 0. The van der Waals surface area contributed by atoms with Gasteiger partial charge in [-0.25, -0.2) is 0 Å². The van der Waals surface area contributed by atoms with Crippen LogP contribution in [-0.4, -0.2) is 0 Å². The Hall–Kier alpha value is -0.490. The van der Waals surface area contributed by atoms with E-state index in [1.165, 1.54) is 11.1 Å². The fourth-order valence-electron chi connectivity index (χ4n) is 1.33. The van der Waals surface area contributed by atoms with Gasteiger partial charge in [0.05, 0.1) is 0 Å². The number of alkyl halides is 1. The molecular weight excluding hydrogens is 168 g/mol. The minimum absolute atomic E-state index is 0.628. The van der Waals surface area contributed by atoms with E-state index in [0.717, 1.165) is 6.42 Å². The van der Waals surface area contributed by atoms with Crippen LogP contribution in [0.2, 0.25) is 0 Å². The van der Waals surface area contributed by atoms with Crippen LogP contribution < -0.4 is 0 Å². The van der Waals surface area contributed by atoms with Crippen LogP contribution in [0.5, 0.6) is 0 Å². The molecule has 0 saturated heterocycles. The van der Waals surface area contributed by atoms with E-state index in [0.29, 0.717) is 11.8 Å². The summed E-state index contributed by atoms with van der Waals surface area (Å²) in [6.07, 6.45) is 1.13. The Bertz CT molecular complexity index is 241. The molecule has 0 radical (unpaired) electrons. The van der Waals surface area contributed by atoms with Gasteiger partial charge in [0, 0.05) is 5.88 Å². The van der Waals surface area contributed by atoms with Crippen LogP contribution in [0.3, 0.4) is 0 Å². The van der Waals surface area contributed by atoms with Crippen LogP contribution in [0.1, 0.15) is 25.0 Å². The van der Waals surface area contributed by atoms with Crippen molar-refractivity contribution in [2.75, 3.05) is 0 Å². The first-order valence-corrected chi connectivity index (χ1v) is 4.90. The fourth-order valence-corrected chi connectivity index (χ4v) is 1.59. The smallest absolute Gasteiger partial charge is 0.0476 e. The van der Waals surface area contributed by atoms with Crippen molar-refractivity contribution in [3.8, 4) is 0 Å². The number of benzene rings is 1. The number of hydrogen-bond donors (Lipinski definition) is 0. The van der Waals surface area contributed by atoms with Crippen molar-refractivity contribution in [2.45, 2.75) is 26.1 Å². The number of hydrogen-bond acceptors (Lipinski definition) is 0. The third-order valence-corrected chi connectivity index (χ3v) is 2.18. The Labute approximate surface area is 79.6 Å². The van der Waals surface area contributed by atoms with E-state index in [-0.39, 0.29) is 0 Å². The second kappa shape index (κ2) is 4.51. The summed E-state index contributed by atoms with van der Waals surface area (Å²) in [6.45, 7) is 4.45. The topological polar surface area (TPSA) is 0 Å². The van der Waals surface area contributed by atoms with Crippen LogP contribution in [-0.2, 0) is 12.3 Å². The summed E-state index contributed by atoms with van der Waals surface area (Å²) in [5.41, 5.74) is 2.66. The maximum absolute atomic E-state index is 5.82. The van der Waals surface area contributed by atoms with E-state index >= 15 is 0 Å². The monoisotopic (exact) mass is 182 g/mol. The molecule has 0 atom stereocenters. The lowest BCUT2D eigenvalue weighted by atomic mass is 9.99. The second-order valence-electron chi connectivity index (χ2n) is 3.50. The highest BCUT2D eigenvalue weighted by Gasteiger charge is 2.01. The summed E-state index contributed by atoms with van der Waals surface area (Å²) in [5.74, 6) is 1.33. The van der Waals surface area contributed by atoms with Gasteiger partial charge in [0.1, 0.15) is 0 Å². The number of rotatable bonds is 3. The molecule has 0 aromatic heterocycles. The Morgan fingerprint density at radius 2 is 1.75 bits per heavy atom. The molecule has 12 heavy (non-hydrogen) atoms. The van der Waals surface area contributed by atoms with Crippen LogP contribution in [0, 0.1) is 5.92 Å². The summed E-state index contributed by atoms with van der Waals surface area (Å²) < 4.78 is 0. The molecule has 0 unspecified atom stereocenters. The van der Waals surface area contributed by atoms with Gasteiger partial charge < -0.3 is 0 Å². The maximum atomic E-state index is 5.82. The summed E-state index contributed by atoms with van der Waals surface area (Å²) in [4.78, 5) is 0. The van der Waals surface area contributed by atoms with Crippen LogP contribution in [0.25, 0.3) is 0 Å². The molecule has 0 N–H and O–H groups in total. The predicted molar refractivity (Wildman–Crippen MR) is 54.5 cm³/mol. The lowest BCUT2D eigenvalue weighted by Crippen LogP contribution is -1.97. The summed E-state index contributed by atoms with van der Waals surface area (Å²) in [6, 6.07) is 8.39. The van der Waals surface area contributed by atoms with Gasteiger partial charge in [-0.15, -0.1) is 11.6 Å². The van der Waals surface area contributed by atoms with E-state index in [1.807, 2.05) is 6.07 Å². The third kappa shape index (κ3) is 2.53. The molecule has 0 saturated carbocycles. The Morgan fingerprint density at radius 3 is 2.25 bits per heavy atom. The van der Waals surface area contributed by atoms with Gasteiger partial charge in [-0.05, 0) is 23.5 Å². The van der Waals surface area contributed by atoms with Crippen molar-refractivity contribution in [2.24, 2.45) is 5.92 Å². The Kier molecular flexibility index (Phi) is 3.61. The molecule has 0 aliphatic heterocycles. The molecular formula is C11H15Cl. The minimum atomic E-state index is 0.628. The average Bonchev–Trinajstić information content (AvgIpc) is 2.04. The molecule has 1 rings (SSSR count). The SMILES string of the molecule is CC(C)Cc1ccccc1CCl. The Morgan fingerprint density at radius 1 is 1.17 bits per heavy atom. The molecule has 0 aliphatic carbocycles. The lowest BCUT2D eigenvalue weighted by molar-refractivity contribution is 0.644. The molecule has 1 aromatic rings. The van der Waals surface area contributed by atoms with Gasteiger partial charge in [0.25, 0.3) is 0 Å². The van der Waals surface area contributed by atoms with Crippen molar-refractivity contribution in [3.05, 3.63) is 35.4 Å². The van der Waals surface area contributed by atoms with Gasteiger partial charge in [-0.1, -0.05) is 38.1 Å². The van der Waals surface area contributed by atoms with Crippen LogP contribution in [0.15, 0.2) is 24.3 Å². The first kappa shape index (κ1) is 9.60. The molecule has 66 valence electrons. The average molecular weight is 183 g/mol. The van der Waals surface area contributed by atoms with Gasteiger partial charge in [-0.3, -0.25) is 0 Å². The molecule has 0 fully saturated rings. The molecule has 1 heteroatoms. The number of halogens is 1. The van der Waals surface area contributed by atoms with Crippen molar-refractivity contribution in [1.82, 2.24) is 0 Å². The second-order valence-corrected chi connectivity index (χ2v) is 3.77. The Balaban J connectivity index is 2.82. The molecule has 0 spiro atoms.